The number of aliphatic hydroxyl groups excluding tert-OH is 1. The molecule has 1 rings (SSSR count). The highest BCUT2D eigenvalue weighted by atomic mass is 79.9. The molecule has 0 amide bonds. The normalized spacial score (nSPS) is 12.7. The number of ether oxygens (including phenoxy) is 1. The Hall–Kier alpha value is -0.610. The molecular weight excluding hydrogens is 239 g/mol. The van der Waals surface area contributed by atoms with E-state index in [9.17, 15) is 9.50 Å². The van der Waals surface area contributed by atoms with E-state index in [0.717, 1.165) is 0 Å². The van der Waals surface area contributed by atoms with Gasteiger partial charge in [-0.05, 0) is 19.1 Å². The van der Waals surface area contributed by atoms with E-state index in [1.165, 1.54) is 13.2 Å². The van der Waals surface area contributed by atoms with Crippen molar-refractivity contribution in [2.75, 3.05) is 7.11 Å². The van der Waals surface area contributed by atoms with Crippen LogP contribution in [0.15, 0.2) is 16.6 Å². The van der Waals surface area contributed by atoms with Crippen LogP contribution in [-0.4, -0.2) is 12.2 Å². The van der Waals surface area contributed by atoms with Gasteiger partial charge in [0.25, 0.3) is 0 Å². The number of halogens is 2. The van der Waals surface area contributed by atoms with E-state index in [-0.39, 0.29) is 5.75 Å². The molecule has 0 fully saturated rings. The van der Waals surface area contributed by atoms with Gasteiger partial charge in [0, 0.05) is 10.0 Å². The van der Waals surface area contributed by atoms with E-state index >= 15 is 0 Å². The Bertz CT molecular complexity index is 313. The third-order valence-corrected chi connectivity index (χ3v) is 2.15. The average molecular weight is 249 g/mol. The van der Waals surface area contributed by atoms with Gasteiger partial charge in [0.2, 0.25) is 0 Å². The van der Waals surface area contributed by atoms with Gasteiger partial charge in [-0.15, -0.1) is 0 Å². The van der Waals surface area contributed by atoms with Crippen LogP contribution in [0.2, 0.25) is 0 Å². The Balaban J connectivity index is 3.29. The van der Waals surface area contributed by atoms with E-state index in [1.807, 2.05) is 0 Å². The van der Waals surface area contributed by atoms with Crippen molar-refractivity contribution in [3.8, 4) is 5.75 Å². The predicted octanol–water partition coefficient (Wildman–Crippen LogP) is 2.65. The number of hydrogen-bond donors (Lipinski definition) is 1. The molecule has 0 radical (unpaired) electrons. The molecule has 2 nitrogen and oxygen atoms in total. The fourth-order valence-corrected chi connectivity index (χ4v) is 1.55. The zero-order chi connectivity index (χ0) is 10.0. The Morgan fingerprint density at radius 1 is 1.54 bits per heavy atom. The van der Waals surface area contributed by atoms with Crippen LogP contribution >= 0.6 is 15.9 Å². The van der Waals surface area contributed by atoms with Crippen molar-refractivity contribution in [3.63, 3.8) is 0 Å². The summed E-state index contributed by atoms with van der Waals surface area (Å²) in [7, 11) is 1.37. The zero-order valence-electron chi connectivity index (χ0n) is 7.34. The maximum Gasteiger partial charge on any atom is 0.166 e. The molecule has 0 aliphatic carbocycles. The van der Waals surface area contributed by atoms with E-state index in [2.05, 4.69) is 15.9 Å². The highest BCUT2D eigenvalue weighted by molar-refractivity contribution is 9.10. The van der Waals surface area contributed by atoms with Crippen molar-refractivity contribution in [1.29, 1.82) is 0 Å². The fraction of sp³-hybridized carbons (Fsp3) is 0.333. The molecule has 1 aromatic carbocycles. The molecular formula is C9H10BrFO2. The van der Waals surface area contributed by atoms with Crippen molar-refractivity contribution in [2.45, 2.75) is 13.0 Å². The Labute approximate surface area is 84.5 Å². The highest BCUT2D eigenvalue weighted by Crippen LogP contribution is 2.31. The van der Waals surface area contributed by atoms with Crippen LogP contribution in [0, 0.1) is 5.82 Å². The third kappa shape index (κ3) is 2.19. The van der Waals surface area contributed by atoms with Crippen LogP contribution in [0.4, 0.5) is 4.39 Å². The molecule has 72 valence electrons. The number of rotatable bonds is 2. The Morgan fingerprint density at radius 3 is 2.62 bits per heavy atom. The molecule has 0 aliphatic rings. The lowest BCUT2D eigenvalue weighted by Crippen LogP contribution is -1.99. The first kappa shape index (κ1) is 10.5. The van der Waals surface area contributed by atoms with Crippen molar-refractivity contribution >= 4 is 15.9 Å². The van der Waals surface area contributed by atoms with Gasteiger partial charge in [-0.2, -0.15) is 0 Å². The first-order valence-corrected chi connectivity index (χ1v) is 4.56. The van der Waals surface area contributed by atoms with Crippen molar-refractivity contribution in [3.05, 3.63) is 28.0 Å². The predicted molar refractivity (Wildman–Crippen MR) is 51.3 cm³/mol. The van der Waals surface area contributed by atoms with Gasteiger partial charge >= 0.3 is 0 Å². The Morgan fingerprint density at radius 2 is 2.15 bits per heavy atom. The number of aliphatic hydroxyl groups is 1. The van der Waals surface area contributed by atoms with Crippen LogP contribution in [-0.2, 0) is 0 Å². The maximum atomic E-state index is 13.2. The van der Waals surface area contributed by atoms with Gasteiger partial charge in [0.1, 0.15) is 0 Å². The van der Waals surface area contributed by atoms with Gasteiger partial charge in [0.15, 0.2) is 11.6 Å². The summed E-state index contributed by atoms with van der Waals surface area (Å²) in [5.74, 6) is -0.383. The van der Waals surface area contributed by atoms with Crippen LogP contribution in [0.1, 0.15) is 18.6 Å². The summed E-state index contributed by atoms with van der Waals surface area (Å²) in [5, 5.41) is 9.32. The highest BCUT2D eigenvalue weighted by Gasteiger charge is 2.14. The summed E-state index contributed by atoms with van der Waals surface area (Å²) < 4.78 is 18.6. The molecule has 1 aromatic rings. The van der Waals surface area contributed by atoms with Crippen molar-refractivity contribution in [1.82, 2.24) is 0 Å². The first-order valence-electron chi connectivity index (χ1n) is 3.77. The molecule has 0 unspecified atom stereocenters. The third-order valence-electron chi connectivity index (χ3n) is 1.69. The maximum absolute atomic E-state index is 13.2. The summed E-state index contributed by atoms with van der Waals surface area (Å²) >= 11 is 3.14. The zero-order valence-corrected chi connectivity index (χ0v) is 8.93. The molecule has 0 heterocycles. The minimum Gasteiger partial charge on any atom is -0.493 e. The lowest BCUT2D eigenvalue weighted by atomic mass is 10.1. The Kier molecular flexibility index (Phi) is 3.27. The summed E-state index contributed by atoms with van der Waals surface area (Å²) in [6.07, 6.45) is -0.748. The monoisotopic (exact) mass is 248 g/mol. The van der Waals surface area contributed by atoms with Crippen LogP contribution in [0.5, 0.6) is 5.75 Å². The summed E-state index contributed by atoms with van der Waals surface area (Å²) in [4.78, 5) is 0. The van der Waals surface area contributed by atoms with E-state index in [4.69, 9.17) is 4.74 Å². The number of hydrogen-bond acceptors (Lipinski definition) is 2. The standard InChI is InChI=1S/C9H10BrFO2/c1-5(12)7-3-6(10)4-8(11)9(7)13-2/h3-5,12H,1-2H3/t5-/m0/s1. The summed E-state index contributed by atoms with van der Waals surface area (Å²) in [6.45, 7) is 1.56. The topological polar surface area (TPSA) is 29.5 Å². The quantitative estimate of drug-likeness (QED) is 0.873. The minimum absolute atomic E-state index is 0.0956. The van der Waals surface area contributed by atoms with Gasteiger partial charge in [-0.3, -0.25) is 0 Å². The molecule has 0 spiro atoms. The molecule has 0 aromatic heterocycles. The second kappa shape index (κ2) is 4.07. The molecule has 1 atom stereocenters. The SMILES string of the molecule is COc1c(F)cc(Br)cc1[C@H](C)O. The number of benzene rings is 1. The summed E-state index contributed by atoms with van der Waals surface area (Å²) in [6, 6.07) is 2.93. The first-order chi connectivity index (χ1) is 6.06. The van der Waals surface area contributed by atoms with Gasteiger partial charge in [-0.25, -0.2) is 4.39 Å². The van der Waals surface area contributed by atoms with E-state index in [0.29, 0.717) is 10.0 Å². The molecule has 0 saturated heterocycles. The minimum atomic E-state index is -0.748. The smallest absolute Gasteiger partial charge is 0.166 e. The van der Waals surface area contributed by atoms with E-state index in [1.54, 1.807) is 13.0 Å². The summed E-state index contributed by atoms with van der Waals surface area (Å²) in [5.41, 5.74) is 0.439. The second-order valence-corrected chi connectivity index (χ2v) is 3.60. The molecule has 0 bridgehead atoms. The molecule has 0 aliphatic heterocycles. The van der Waals surface area contributed by atoms with Crippen molar-refractivity contribution < 1.29 is 14.2 Å². The van der Waals surface area contributed by atoms with Crippen LogP contribution < -0.4 is 4.74 Å². The fourth-order valence-electron chi connectivity index (χ4n) is 1.11. The average Bonchev–Trinajstić information content (AvgIpc) is 2.02. The van der Waals surface area contributed by atoms with Gasteiger partial charge < -0.3 is 9.84 Å². The lowest BCUT2D eigenvalue weighted by molar-refractivity contribution is 0.193. The number of methoxy groups -OCH3 is 1. The molecule has 13 heavy (non-hydrogen) atoms. The van der Waals surface area contributed by atoms with Crippen molar-refractivity contribution in [2.24, 2.45) is 0 Å². The van der Waals surface area contributed by atoms with Crippen LogP contribution in [0.3, 0.4) is 0 Å². The molecule has 4 heteroatoms. The lowest BCUT2D eigenvalue weighted by Gasteiger charge is -2.11. The van der Waals surface area contributed by atoms with Crippen LogP contribution in [0.25, 0.3) is 0 Å². The molecule has 1 N–H and O–H groups in total. The van der Waals surface area contributed by atoms with Gasteiger partial charge in [0.05, 0.1) is 13.2 Å². The largest absolute Gasteiger partial charge is 0.493 e. The van der Waals surface area contributed by atoms with E-state index < -0.39 is 11.9 Å². The van der Waals surface area contributed by atoms with Gasteiger partial charge in [-0.1, -0.05) is 15.9 Å². The second-order valence-electron chi connectivity index (χ2n) is 2.69. The molecule has 0 saturated carbocycles.